The first-order chi connectivity index (χ1) is 10.3. The molecule has 0 unspecified atom stereocenters. The van der Waals surface area contributed by atoms with Gasteiger partial charge in [0.05, 0.1) is 0 Å². The minimum atomic E-state index is -0.227. The number of hydrogen-bond donors (Lipinski definition) is 0. The van der Waals surface area contributed by atoms with Crippen LogP contribution in [0.5, 0.6) is 0 Å². The number of hydrogen-bond acceptors (Lipinski definition) is 2. The Morgan fingerprint density at radius 1 is 1.00 bits per heavy atom. The van der Waals surface area contributed by atoms with Crippen molar-refractivity contribution in [1.82, 2.24) is 0 Å². The average molecular weight is 280 g/mol. The first kappa shape index (κ1) is 13.9. The maximum Gasteiger partial charge on any atom is 0.331 e. The predicted octanol–water partition coefficient (Wildman–Crippen LogP) is 4.73. The number of esters is 1. The van der Waals surface area contributed by atoms with Gasteiger partial charge in [-0.25, -0.2) is 4.79 Å². The molecule has 1 saturated carbocycles. The second-order valence-corrected chi connectivity index (χ2v) is 5.64. The third-order valence-electron chi connectivity index (χ3n) is 4.02. The van der Waals surface area contributed by atoms with Gasteiger partial charge < -0.3 is 4.74 Å². The molecule has 0 amide bonds. The van der Waals surface area contributed by atoms with Crippen molar-refractivity contribution in [1.29, 1.82) is 0 Å². The van der Waals surface area contributed by atoms with Crippen LogP contribution in [-0.2, 0) is 9.53 Å². The van der Waals surface area contributed by atoms with Crippen LogP contribution < -0.4 is 0 Å². The minimum Gasteiger partial charge on any atom is -0.459 e. The van der Waals surface area contributed by atoms with Gasteiger partial charge in [-0.15, -0.1) is 0 Å². The number of fused-ring (bicyclic) bond motifs is 1. The number of benzene rings is 2. The van der Waals surface area contributed by atoms with Gasteiger partial charge in [0.25, 0.3) is 0 Å². The molecule has 0 aliphatic heterocycles. The summed E-state index contributed by atoms with van der Waals surface area (Å²) in [6.45, 7) is 0. The van der Waals surface area contributed by atoms with Gasteiger partial charge >= 0.3 is 5.97 Å². The Kier molecular flexibility index (Phi) is 4.34. The molecule has 0 radical (unpaired) electrons. The Morgan fingerprint density at radius 3 is 2.57 bits per heavy atom. The molecule has 0 spiro atoms. The molecule has 2 aromatic rings. The lowest BCUT2D eigenvalue weighted by Crippen LogP contribution is -2.19. The molecule has 1 aliphatic carbocycles. The predicted molar refractivity (Wildman–Crippen MR) is 85.9 cm³/mol. The standard InChI is InChI=1S/C19H20O2/c20-19(21-18-8-2-1-3-9-18)13-11-15-10-12-16-6-4-5-7-17(16)14-15/h4-7,10-14,18H,1-3,8-9H2/b13-11+. The van der Waals surface area contributed by atoms with Crippen LogP contribution in [0.4, 0.5) is 0 Å². The molecule has 21 heavy (non-hydrogen) atoms. The molecular weight excluding hydrogens is 260 g/mol. The van der Waals surface area contributed by atoms with Crippen LogP contribution in [0.15, 0.2) is 48.5 Å². The molecule has 0 saturated heterocycles. The highest BCUT2D eigenvalue weighted by Gasteiger charge is 2.16. The Hall–Kier alpha value is -2.09. The third-order valence-corrected chi connectivity index (χ3v) is 4.02. The van der Waals surface area contributed by atoms with Crippen molar-refractivity contribution in [3.63, 3.8) is 0 Å². The molecule has 1 fully saturated rings. The highest BCUT2D eigenvalue weighted by molar-refractivity contribution is 5.89. The van der Waals surface area contributed by atoms with E-state index in [2.05, 4.69) is 24.3 Å². The molecule has 2 heteroatoms. The summed E-state index contributed by atoms with van der Waals surface area (Å²) >= 11 is 0. The van der Waals surface area contributed by atoms with Gasteiger partial charge in [0.1, 0.15) is 6.10 Å². The number of rotatable bonds is 3. The molecule has 2 nitrogen and oxygen atoms in total. The van der Waals surface area contributed by atoms with Crippen LogP contribution in [0.2, 0.25) is 0 Å². The fourth-order valence-electron chi connectivity index (χ4n) is 2.86. The Labute approximate surface area is 125 Å². The second kappa shape index (κ2) is 6.57. The zero-order chi connectivity index (χ0) is 14.5. The number of carbonyl (C=O) groups excluding carboxylic acids is 1. The van der Waals surface area contributed by atoms with E-state index in [1.165, 1.54) is 30.0 Å². The first-order valence-corrected chi connectivity index (χ1v) is 7.69. The van der Waals surface area contributed by atoms with Crippen molar-refractivity contribution in [2.75, 3.05) is 0 Å². The summed E-state index contributed by atoms with van der Waals surface area (Å²) in [5.74, 6) is -0.227. The van der Waals surface area contributed by atoms with E-state index in [9.17, 15) is 4.79 Å². The van der Waals surface area contributed by atoms with E-state index in [-0.39, 0.29) is 12.1 Å². The van der Waals surface area contributed by atoms with Crippen LogP contribution >= 0.6 is 0 Å². The zero-order valence-corrected chi connectivity index (χ0v) is 12.1. The number of carbonyl (C=O) groups is 1. The molecule has 2 aromatic carbocycles. The summed E-state index contributed by atoms with van der Waals surface area (Å²) < 4.78 is 5.47. The fourth-order valence-corrected chi connectivity index (χ4v) is 2.86. The van der Waals surface area contributed by atoms with E-state index in [1.807, 2.05) is 24.3 Å². The van der Waals surface area contributed by atoms with E-state index in [0.29, 0.717) is 0 Å². The van der Waals surface area contributed by atoms with Crippen molar-refractivity contribution in [2.24, 2.45) is 0 Å². The summed E-state index contributed by atoms with van der Waals surface area (Å²) in [6.07, 6.45) is 9.12. The molecular formula is C19H20O2. The average Bonchev–Trinajstić information content (AvgIpc) is 2.54. The van der Waals surface area contributed by atoms with E-state index >= 15 is 0 Å². The van der Waals surface area contributed by atoms with Crippen LogP contribution in [0.25, 0.3) is 16.8 Å². The van der Waals surface area contributed by atoms with E-state index < -0.39 is 0 Å². The summed E-state index contributed by atoms with van der Waals surface area (Å²) in [7, 11) is 0. The molecule has 0 bridgehead atoms. The maximum absolute atomic E-state index is 11.8. The number of ether oxygens (including phenoxy) is 1. The largest absolute Gasteiger partial charge is 0.459 e. The van der Waals surface area contributed by atoms with Crippen LogP contribution in [0.1, 0.15) is 37.7 Å². The Morgan fingerprint density at radius 2 is 1.76 bits per heavy atom. The highest BCUT2D eigenvalue weighted by atomic mass is 16.5. The summed E-state index contributed by atoms with van der Waals surface area (Å²) in [6, 6.07) is 14.4. The molecule has 3 rings (SSSR count). The van der Waals surface area contributed by atoms with Crippen molar-refractivity contribution in [3.05, 3.63) is 54.1 Å². The van der Waals surface area contributed by atoms with Gasteiger partial charge in [0.2, 0.25) is 0 Å². The molecule has 0 N–H and O–H groups in total. The molecule has 0 atom stereocenters. The SMILES string of the molecule is O=C(/C=C/c1ccc2ccccc2c1)OC1CCCCC1. The summed E-state index contributed by atoms with van der Waals surface area (Å²) in [5, 5.41) is 2.39. The third kappa shape index (κ3) is 3.72. The molecule has 0 heterocycles. The van der Waals surface area contributed by atoms with Gasteiger partial charge in [-0.2, -0.15) is 0 Å². The second-order valence-electron chi connectivity index (χ2n) is 5.64. The Balaban J connectivity index is 1.64. The molecule has 0 aromatic heterocycles. The van der Waals surface area contributed by atoms with Gasteiger partial charge in [0, 0.05) is 6.08 Å². The zero-order valence-electron chi connectivity index (χ0n) is 12.1. The van der Waals surface area contributed by atoms with Gasteiger partial charge in [-0.05, 0) is 54.2 Å². The normalized spacial score (nSPS) is 16.4. The summed E-state index contributed by atoms with van der Waals surface area (Å²) in [4.78, 5) is 11.8. The topological polar surface area (TPSA) is 26.3 Å². The molecule has 108 valence electrons. The lowest BCUT2D eigenvalue weighted by atomic mass is 9.98. The van der Waals surface area contributed by atoms with E-state index in [1.54, 1.807) is 6.08 Å². The quantitative estimate of drug-likeness (QED) is 0.600. The molecule has 1 aliphatic rings. The highest BCUT2D eigenvalue weighted by Crippen LogP contribution is 2.21. The lowest BCUT2D eigenvalue weighted by molar-refractivity contribution is -0.144. The van der Waals surface area contributed by atoms with E-state index in [0.717, 1.165) is 18.4 Å². The van der Waals surface area contributed by atoms with Crippen LogP contribution in [-0.4, -0.2) is 12.1 Å². The minimum absolute atomic E-state index is 0.118. The van der Waals surface area contributed by atoms with Gasteiger partial charge in [0.15, 0.2) is 0 Å². The first-order valence-electron chi connectivity index (χ1n) is 7.69. The van der Waals surface area contributed by atoms with Gasteiger partial charge in [-0.1, -0.05) is 42.8 Å². The maximum atomic E-state index is 11.8. The summed E-state index contributed by atoms with van der Waals surface area (Å²) in [5.41, 5.74) is 1.02. The van der Waals surface area contributed by atoms with Crippen molar-refractivity contribution in [3.8, 4) is 0 Å². The fraction of sp³-hybridized carbons (Fsp3) is 0.316. The Bertz CT molecular complexity index is 651. The monoisotopic (exact) mass is 280 g/mol. The van der Waals surface area contributed by atoms with Crippen molar-refractivity contribution in [2.45, 2.75) is 38.2 Å². The van der Waals surface area contributed by atoms with E-state index in [4.69, 9.17) is 4.74 Å². The van der Waals surface area contributed by atoms with Crippen molar-refractivity contribution >= 4 is 22.8 Å². The smallest absolute Gasteiger partial charge is 0.331 e. The van der Waals surface area contributed by atoms with Crippen LogP contribution in [0, 0.1) is 0 Å². The van der Waals surface area contributed by atoms with Crippen molar-refractivity contribution < 1.29 is 9.53 Å². The van der Waals surface area contributed by atoms with Gasteiger partial charge in [-0.3, -0.25) is 0 Å². The van der Waals surface area contributed by atoms with Crippen LogP contribution in [0.3, 0.4) is 0 Å². The lowest BCUT2D eigenvalue weighted by Gasteiger charge is -2.20.